The van der Waals surface area contributed by atoms with E-state index in [0.717, 1.165) is 21.7 Å². The molecule has 1 amide bonds. The zero-order valence-corrected chi connectivity index (χ0v) is 13.3. The average molecular weight is 300 g/mol. The molecule has 0 aliphatic heterocycles. The highest BCUT2D eigenvalue weighted by atomic mass is 32.2. The van der Waals surface area contributed by atoms with Crippen molar-refractivity contribution in [3.8, 4) is 0 Å². The molecule has 4 heteroatoms. The first-order chi connectivity index (χ1) is 9.94. The van der Waals surface area contributed by atoms with Crippen molar-refractivity contribution < 1.29 is 4.79 Å². The van der Waals surface area contributed by atoms with Gasteiger partial charge in [0, 0.05) is 16.3 Å². The second-order valence-corrected chi connectivity index (χ2v) is 6.61. The number of anilines is 2. The van der Waals surface area contributed by atoms with E-state index >= 15 is 0 Å². The molecule has 0 aromatic heterocycles. The Morgan fingerprint density at radius 2 is 1.81 bits per heavy atom. The number of nitrogens with one attached hydrogen (secondary N) is 1. The topological polar surface area (TPSA) is 55.1 Å². The van der Waals surface area contributed by atoms with Crippen LogP contribution in [0.3, 0.4) is 0 Å². The normalized spacial score (nSPS) is 12.0. The standard InChI is InChI=1S/C17H20N2OS/c1-11-7-12(2)9-15(8-11)19-17(20)13(3)21-16-6-4-5-14(18)10-16/h4-10,13H,18H2,1-3H3,(H,19,20). The second-order valence-electron chi connectivity index (χ2n) is 5.20. The van der Waals surface area contributed by atoms with Crippen LogP contribution in [0.2, 0.25) is 0 Å². The Bertz CT molecular complexity index is 635. The molecule has 1 atom stereocenters. The van der Waals surface area contributed by atoms with Crippen molar-refractivity contribution in [1.29, 1.82) is 0 Å². The lowest BCUT2D eigenvalue weighted by molar-refractivity contribution is -0.115. The Kier molecular flexibility index (Phi) is 4.91. The molecule has 2 aromatic carbocycles. The van der Waals surface area contributed by atoms with Gasteiger partial charge in [0.15, 0.2) is 0 Å². The van der Waals surface area contributed by atoms with Crippen LogP contribution in [-0.4, -0.2) is 11.2 Å². The van der Waals surface area contributed by atoms with Crippen LogP contribution < -0.4 is 11.1 Å². The van der Waals surface area contributed by atoms with Crippen LogP contribution in [-0.2, 0) is 4.79 Å². The van der Waals surface area contributed by atoms with Crippen LogP contribution >= 0.6 is 11.8 Å². The molecule has 3 N–H and O–H groups in total. The molecular weight excluding hydrogens is 280 g/mol. The zero-order valence-electron chi connectivity index (χ0n) is 12.5. The summed E-state index contributed by atoms with van der Waals surface area (Å²) in [4.78, 5) is 13.3. The fourth-order valence-corrected chi connectivity index (χ4v) is 3.07. The molecule has 0 saturated heterocycles. The summed E-state index contributed by atoms with van der Waals surface area (Å²) in [5.41, 5.74) is 9.59. The first-order valence-electron chi connectivity index (χ1n) is 6.85. The predicted octanol–water partition coefficient (Wildman–Crippen LogP) is 4.00. The Morgan fingerprint density at radius 1 is 1.14 bits per heavy atom. The molecular formula is C17H20N2OS. The highest BCUT2D eigenvalue weighted by Crippen LogP contribution is 2.26. The number of rotatable bonds is 4. The quantitative estimate of drug-likeness (QED) is 0.662. The fourth-order valence-electron chi connectivity index (χ4n) is 2.14. The molecule has 0 heterocycles. The third-order valence-corrected chi connectivity index (χ3v) is 4.12. The van der Waals surface area contributed by atoms with Crippen LogP contribution in [0.25, 0.3) is 0 Å². The van der Waals surface area contributed by atoms with Crippen molar-refractivity contribution in [3.63, 3.8) is 0 Å². The molecule has 2 rings (SSSR count). The maximum Gasteiger partial charge on any atom is 0.237 e. The smallest absolute Gasteiger partial charge is 0.237 e. The summed E-state index contributed by atoms with van der Waals surface area (Å²) in [5, 5.41) is 2.78. The minimum absolute atomic E-state index is 0.00701. The largest absolute Gasteiger partial charge is 0.399 e. The number of thioether (sulfide) groups is 1. The number of nitrogen functional groups attached to an aromatic ring is 1. The Morgan fingerprint density at radius 3 is 2.43 bits per heavy atom. The van der Waals surface area contributed by atoms with Crippen molar-refractivity contribution in [1.82, 2.24) is 0 Å². The van der Waals surface area contributed by atoms with E-state index in [1.54, 1.807) is 0 Å². The van der Waals surface area contributed by atoms with E-state index in [4.69, 9.17) is 5.73 Å². The highest BCUT2D eigenvalue weighted by Gasteiger charge is 2.14. The SMILES string of the molecule is Cc1cc(C)cc(NC(=O)C(C)Sc2cccc(N)c2)c1. The van der Waals surface area contributed by atoms with Gasteiger partial charge in [-0.25, -0.2) is 0 Å². The van der Waals surface area contributed by atoms with Crippen molar-refractivity contribution in [3.05, 3.63) is 53.6 Å². The number of hydrogen-bond donors (Lipinski definition) is 2. The zero-order chi connectivity index (χ0) is 15.4. The van der Waals surface area contributed by atoms with Crippen molar-refractivity contribution in [2.24, 2.45) is 0 Å². The van der Waals surface area contributed by atoms with Gasteiger partial charge in [-0.05, 0) is 62.2 Å². The first-order valence-corrected chi connectivity index (χ1v) is 7.73. The third kappa shape index (κ3) is 4.53. The number of carbonyl (C=O) groups excluding carboxylic acids is 1. The van der Waals surface area contributed by atoms with Crippen molar-refractivity contribution in [2.75, 3.05) is 11.1 Å². The molecule has 0 radical (unpaired) electrons. The average Bonchev–Trinajstić information content (AvgIpc) is 2.37. The summed E-state index contributed by atoms with van der Waals surface area (Å²) in [6.45, 7) is 5.94. The lowest BCUT2D eigenvalue weighted by Gasteiger charge is -2.13. The molecule has 21 heavy (non-hydrogen) atoms. The van der Waals surface area contributed by atoms with E-state index in [1.807, 2.05) is 57.2 Å². The molecule has 110 valence electrons. The van der Waals surface area contributed by atoms with Gasteiger partial charge in [0.25, 0.3) is 0 Å². The molecule has 0 aliphatic rings. The number of aryl methyl sites for hydroxylation is 2. The Labute approximate surface area is 129 Å². The summed E-state index contributed by atoms with van der Waals surface area (Å²) in [6.07, 6.45) is 0. The lowest BCUT2D eigenvalue weighted by Crippen LogP contribution is -2.22. The van der Waals surface area contributed by atoms with Gasteiger partial charge in [-0.3, -0.25) is 4.79 Å². The van der Waals surface area contributed by atoms with E-state index in [2.05, 4.69) is 11.4 Å². The summed E-state index contributed by atoms with van der Waals surface area (Å²) in [5.74, 6) is -0.00701. The molecule has 0 spiro atoms. The van der Waals surface area contributed by atoms with Gasteiger partial charge < -0.3 is 11.1 Å². The summed E-state index contributed by atoms with van der Waals surface area (Å²) in [6, 6.07) is 13.6. The molecule has 0 fully saturated rings. The number of benzene rings is 2. The monoisotopic (exact) mass is 300 g/mol. The van der Waals surface area contributed by atoms with Crippen molar-refractivity contribution in [2.45, 2.75) is 30.9 Å². The van der Waals surface area contributed by atoms with Crippen LogP contribution in [0.4, 0.5) is 11.4 Å². The molecule has 2 aromatic rings. The molecule has 3 nitrogen and oxygen atoms in total. The van der Waals surface area contributed by atoms with Gasteiger partial charge in [0.05, 0.1) is 5.25 Å². The van der Waals surface area contributed by atoms with Gasteiger partial charge in [0.2, 0.25) is 5.91 Å². The van der Waals surface area contributed by atoms with Gasteiger partial charge >= 0.3 is 0 Å². The van der Waals surface area contributed by atoms with Crippen LogP contribution in [0.15, 0.2) is 47.4 Å². The number of hydrogen-bond acceptors (Lipinski definition) is 3. The van der Waals surface area contributed by atoms with Gasteiger partial charge in [-0.1, -0.05) is 12.1 Å². The maximum atomic E-state index is 12.3. The van der Waals surface area contributed by atoms with Gasteiger partial charge in [-0.2, -0.15) is 0 Å². The van der Waals surface area contributed by atoms with Crippen molar-refractivity contribution >= 4 is 29.0 Å². The first kappa shape index (κ1) is 15.4. The summed E-state index contributed by atoms with van der Waals surface area (Å²) < 4.78 is 0. The number of carbonyl (C=O) groups is 1. The van der Waals surface area contributed by atoms with Crippen LogP contribution in [0.1, 0.15) is 18.1 Å². The lowest BCUT2D eigenvalue weighted by atomic mass is 10.1. The van der Waals surface area contributed by atoms with E-state index in [9.17, 15) is 4.79 Å². The minimum Gasteiger partial charge on any atom is -0.399 e. The van der Waals surface area contributed by atoms with E-state index in [1.165, 1.54) is 11.8 Å². The molecule has 1 unspecified atom stereocenters. The Hall–Kier alpha value is -1.94. The second kappa shape index (κ2) is 6.68. The van der Waals surface area contributed by atoms with E-state index in [0.29, 0.717) is 5.69 Å². The van der Waals surface area contributed by atoms with E-state index < -0.39 is 0 Å². The molecule has 0 aliphatic carbocycles. The Balaban J connectivity index is 2.02. The summed E-state index contributed by atoms with van der Waals surface area (Å²) in [7, 11) is 0. The third-order valence-electron chi connectivity index (χ3n) is 3.03. The predicted molar refractivity (Wildman–Crippen MR) is 90.7 cm³/mol. The van der Waals surface area contributed by atoms with E-state index in [-0.39, 0.29) is 11.2 Å². The highest BCUT2D eigenvalue weighted by molar-refractivity contribution is 8.00. The van der Waals surface area contributed by atoms with Gasteiger partial charge in [0.1, 0.15) is 0 Å². The van der Waals surface area contributed by atoms with Gasteiger partial charge in [-0.15, -0.1) is 11.8 Å². The van der Waals surface area contributed by atoms with Crippen LogP contribution in [0.5, 0.6) is 0 Å². The number of nitrogens with two attached hydrogens (primary N) is 1. The summed E-state index contributed by atoms with van der Waals surface area (Å²) >= 11 is 1.50. The maximum absolute atomic E-state index is 12.3. The number of amides is 1. The van der Waals surface area contributed by atoms with Crippen LogP contribution in [0, 0.1) is 13.8 Å². The molecule has 0 saturated carbocycles. The minimum atomic E-state index is -0.187. The fraction of sp³-hybridized carbons (Fsp3) is 0.235. The molecule has 0 bridgehead atoms.